The van der Waals surface area contributed by atoms with Gasteiger partial charge in [-0.25, -0.2) is 4.98 Å². The summed E-state index contributed by atoms with van der Waals surface area (Å²) in [7, 11) is 0. The monoisotopic (exact) mass is 335 g/mol. The van der Waals surface area contributed by atoms with Crippen molar-refractivity contribution in [3.63, 3.8) is 0 Å². The lowest BCUT2D eigenvalue weighted by atomic mass is 10.3. The van der Waals surface area contributed by atoms with Crippen molar-refractivity contribution in [3.05, 3.63) is 69.0 Å². The molecule has 0 aliphatic rings. The van der Waals surface area contributed by atoms with Gasteiger partial charge in [0.15, 0.2) is 5.16 Å². The predicted octanol–water partition coefficient (Wildman–Crippen LogP) is 1.08. The molecule has 23 heavy (non-hydrogen) atoms. The van der Waals surface area contributed by atoms with Crippen LogP contribution in [0.4, 0.5) is 0 Å². The summed E-state index contributed by atoms with van der Waals surface area (Å²) in [6.45, 7) is 0.321. The van der Waals surface area contributed by atoms with E-state index in [2.05, 4.69) is 15.1 Å². The quantitative estimate of drug-likeness (QED) is 0.220. The van der Waals surface area contributed by atoms with Crippen LogP contribution in [-0.2, 0) is 11.3 Å². The number of carbonyl (C=O) groups is 1. The van der Waals surface area contributed by atoms with Gasteiger partial charge in [0.2, 0.25) is 0 Å². The summed E-state index contributed by atoms with van der Waals surface area (Å²) >= 11 is 5.71. The number of nitro groups is 1. The lowest BCUT2D eigenvalue weighted by molar-refractivity contribution is -0.350. The van der Waals surface area contributed by atoms with Crippen LogP contribution >= 0.6 is 11.6 Å². The fraction of sp³-hybridized carbons (Fsp3) is 0.0769. The number of pyridine rings is 2. The first-order valence-electron chi connectivity index (χ1n) is 6.22. The van der Waals surface area contributed by atoms with E-state index in [1.165, 1.54) is 6.07 Å². The molecule has 2 aromatic heterocycles. The molecule has 1 N–H and O–H groups in total. The van der Waals surface area contributed by atoms with E-state index in [0.29, 0.717) is 11.7 Å². The third kappa shape index (κ3) is 4.20. The second-order valence-corrected chi connectivity index (χ2v) is 4.66. The van der Waals surface area contributed by atoms with Gasteiger partial charge in [-0.15, -0.1) is 0 Å². The molecule has 0 bridgehead atoms. The van der Waals surface area contributed by atoms with Gasteiger partial charge in [-0.05, 0) is 28.7 Å². The highest BCUT2D eigenvalue weighted by atomic mass is 35.5. The van der Waals surface area contributed by atoms with Crippen molar-refractivity contribution in [1.82, 2.24) is 9.55 Å². The van der Waals surface area contributed by atoms with Crippen LogP contribution in [-0.4, -0.2) is 31.4 Å². The van der Waals surface area contributed by atoms with E-state index in [1.54, 1.807) is 41.2 Å². The fourth-order valence-electron chi connectivity index (χ4n) is 1.71. The van der Waals surface area contributed by atoms with Crippen LogP contribution in [0.1, 0.15) is 5.56 Å². The van der Waals surface area contributed by atoms with Crippen molar-refractivity contribution in [3.8, 4) is 0 Å². The Morgan fingerprint density at radius 1 is 1.39 bits per heavy atom. The summed E-state index contributed by atoms with van der Waals surface area (Å²) in [5, 5.41) is 21.8. The average molecular weight is 336 g/mol. The summed E-state index contributed by atoms with van der Waals surface area (Å²) in [6.07, 6.45) is 3.20. The molecule has 2 aromatic rings. The van der Waals surface area contributed by atoms with Gasteiger partial charge in [0.1, 0.15) is 10.6 Å². The number of oxime groups is 1. The molecule has 2 rings (SSSR count). The maximum atomic E-state index is 11.7. The van der Waals surface area contributed by atoms with Crippen molar-refractivity contribution in [2.24, 2.45) is 10.1 Å². The largest absolute Gasteiger partial charge is 0.476 e. The lowest BCUT2D eigenvalue weighted by Crippen LogP contribution is -2.27. The zero-order valence-electron chi connectivity index (χ0n) is 11.5. The van der Waals surface area contributed by atoms with Gasteiger partial charge in [-0.2, -0.15) is 4.99 Å². The Kier molecular flexibility index (Phi) is 5.15. The zero-order chi connectivity index (χ0) is 16.8. The van der Waals surface area contributed by atoms with E-state index >= 15 is 0 Å². The maximum Gasteiger partial charge on any atom is 0.476 e. The van der Waals surface area contributed by atoms with E-state index < -0.39 is 16.7 Å². The first-order valence-corrected chi connectivity index (χ1v) is 6.60. The molecule has 0 atom stereocenters. The minimum Gasteiger partial charge on any atom is -0.358 e. The van der Waals surface area contributed by atoms with Crippen LogP contribution < -0.4 is 5.49 Å². The third-order valence-electron chi connectivity index (χ3n) is 2.73. The Labute approximate surface area is 134 Å². The second-order valence-electron chi connectivity index (χ2n) is 4.27. The van der Waals surface area contributed by atoms with Crippen LogP contribution in [0.25, 0.3) is 0 Å². The number of amides is 1. The van der Waals surface area contributed by atoms with Gasteiger partial charge in [0.25, 0.3) is 0 Å². The van der Waals surface area contributed by atoms with Crippen molar-refractivity contribution in [2.45, 2.75) is 6.54 Å². The highest BCUT2D eigenvalue weighted by Crippen LogP contribution is 2.06. The predicted molar refractivity (Wildman–Crippen MR) is 79.6 cm³/mol. The van der Waals surface area contributed by atoms with E-state index in [1.807, 2.05) is 0 Å². The topological polar surface area (TPSA) is 123 Å². The van der Waals surface area contributed by atoms with Crippen LogP contribution in [0.3, 0.4) is 0 Å². The fourth-order valence-corrected chi connectivity index (χ4v) is 1.82. The number of rotatable bonds is 2. The normalized spacial score (nSPS) is 12.2. The number of aromatic nitrogens is 2. The van der Waals surface area contributed by atoms with Gasteiger partial charge >= 0.3 is 11.7 Å². The number of halogens is 1. The van der Waals surface area contributed by atoms with Gasteiger partial charge in [0, 0.05) is 12.4 Å². The van der Waals surface area contributed by atoms with Gasteiger partial charge in [-0.3, -0.25) is 4.79 Å². The number of amidine groups is 1. The van der Waals surface area contributed by atoms with E-state index in [4.69, 9.17) is 16.8 Å². The van der Waals surface area contributed by atoms with Crippen molar-refractivity contribution in [2.75, 3.05) is 0 Å². The first kappa shape index (κ1) is 16.3. The van der Waals surface area contributed by atoms with E-state index in [9.17, 15) is 14.9 Å². The second kappa shape index (κ2) is 7.27. The Morgan fingerprint density at radius 2 is 2.17 bits per heavy atom. The van der Waals surface area contributed by atoms with Crippen molar-refractivity contribution in [1.29, 1.82) is 0 Å². The molecular formula is C13H10ClN5O4. The molecule has 0 aliphatic carbocycles. The highest BCUT2D eigenvalue weighted by Gasteiger charge is 2.24. The number of hydrogen-bond acceptors (Lipinski definition) is 6. The number of carbonyl (C=O) groups excluding carboxylic acids is 1. The average Bonchev–Trinajstić information content (AvgIpc) is 2.51. The smallest absolute Gasteiger partial charge is 0.358 e. The molecule has 0 fully saturated rings. The Hall–Kier alpha value is -3.07. The molecule has 10 heteroatoms. The molecule has 9 nitrogen and oxygen atoms in total. The molecule has 0 radical (unpaired) electrons. The molecule has 1 amide bonds. The van der Waals surface area contributed by atoms with Crippen LogP contribution in [0, 0.1) is 10.1 Å². The van der Waals surface area contributed by atoms with Gasteiger partial charge in [-0.1, -0.05) is 23.7 Å². The third-order valence-corrected chi connectivity index (χ3v) is 2.96. The summed E-state index contributed by atoms with van der Waals surface area (Å²) < 4.78 is 1.58. The molecule has 0 saturated carbocycles. The molecule has 0 aliphatic heterocycles. The standard InChI is InChI=1S/C13H10ClN5O4/c14-10-5-4-9(7-15-10)8-18-6-2-1-3-11(18)16-13(20)12(17-21)19(22)23/h1-7,21H,8H2/b16-11+,17-12-. The Morgan fingerprint density at radius 3 is 2.78 bits per heavy atom. The summed E-state index contributed by atoms with van der Waals surface area (Å²) in [6, 6.07) is 8.19. The molecule has 0 unspecified atom stereocenters. The Balaban J connectivity index is 2.37. The van der Waals surface area contributed by atoms with Crippen LogP contribution in [0.5, 0.6) is 0 Å². The zero-order valence-corrected chi connectivity index (χ0v) is 12.3. The maximum absolute atomic E-state index is 11.7. The SMILES string of the molecule is O=C(/N=c1\ccccn1Cc1ccc(Cl)nc1)/C(=N/O)[N+](=O)[O-]. The molecule has 0 spiro atoms. The highest BCUT2D eigenvalue weighted by molar-refractivity contribution is 6.34. The van der Waals surface area contributed by atoms with Crippen LogP contribution in [0.2, 0.25) is 5.15 Å². The molecular weight excluding hydrogens is 326 g/mol. The van der Waals surface area contributed by atoms with Gasteiger partial charge < -0.3 is 19.9 Å². The van der Waals surface area contributed by atoms with E-state index in [0.717, 1.165) is 5.56 Å². The molecule has 0 saturated heterocycles. The molecule has 0 aromatic carbocycles. The van der Waals surface area contributed by atoms with Gasteiger partial charge in [0.05, 0.1) is 6.54 Å². The number of nitrogens with zero attached hydrogens (tertiary/aromatic N) is 5. The summed E-state index contributed by atoms with van der Waals surface area (Å²) in [5.41, 5.74) is 0.954. The minimum absolute atomic E-state index is 0.162. The first-order chi connectivity index (χ1) is 11.0. The van der Waals surface area contributed by atoms with Crippen molar-refractivity contribution < 1.29 is 14.9 Å². The summed E-state index contributed by atoms with van der Waals surface area (Å²) in [5.74, 6) is -2.51. The van der Waals surface area contributed by atoms with Crippen molar-refractivity contribution >= 4 is 23.3 Å². The van der Waals surface area contributed by atoms with E-state index in [-0.39, 0.29) is 5.49 Å². The summed E-state index contributed by atoms with van der Waals surface area (Å²) in [4.78, 5) is 28.7. The lowest BCUT2D eigenvalue weighted by Gasteiger charge is -2.06. The van der Waals surface area contributed by atoms with Crippen LogP contribution in [0.15, 0.2) is 52.9 Å². The molecule has 118 valence electrons. The number of hydrogen-bond donors (Lipinski definition) is 1. The Bertz CT molecular complexity index is 829. The molecule has 2 heterocycles. The minimum atomic E-state index is -1.26.